The summed E-state index contributed by atoms with van der Waals surface area (Å²) in [5.74, 6) is 1.61. The fourth-order valence-corrected chi connectivity index (χ4v) is 7.15. The van der Waals surface area contributed by atoms with Crippen LogP contribution in [0.2, 0.25) is 5.02 Å². The first kappa shape index (κ1) is 31.3. The number of non-ortho nitro benzene ring substituents is 1. The van der Waals surface area contributed by atoms with Crippen LogP contribution in [0.1, 0.15) is 28.3 Å². The first-order valence-corrected chi connectivity index (χ1v) is 15.9. The minimum Gasteiger partial charge on any atom is -0.762 e. The van der Waals surface area contributed by atoms with E-state index in [0.717, 1.165) is 22.2 Å². The molecule has 6 aromatic rings. The molecule has 0 fully saturated rings. The molecule has 2 atom stereocenters. The molecule has 5 aromatic carbocycles. The van der Waals surface area contributed by atoms with Crippen LogP contribution in [0, 0.1) is 21.4 Å². The van der Waals surface area contributed by atoms with Gasteiger partial charge in [-0.05, 0) is 59.2 Å². The topological polar surface area (TPSA) is 118 Å². The van der Waals surface area contributed by atoms with Gasteiger partial charge < -0.3 is 10.3 Å². The number of benzene rings is 5. The van der Waals surface area contributed by atoms with Crippen LogP contribution >= 0.6 is 11.6 Å². The fraction of sp³-hybridized carbons (Fsp3) is 0.103. The van der Waals surface area contributed by atoms with Crippen molar-refractivity contribution in [3.8, 4) is 6.07 Å². The number of carbonyl (C=O) groups excluding carboxylic acids is 1. The van der Waals surface area contributed by atoms with E-state index in [1.165, 1.54) is 12.1 Å². The van der Waals surface area contributed by atoms with Crippen LogP contribution in [-0.2, 0) is 23.3 Å². The number of carbonyl (C=O) groups is 1. The van der Waals surface area contributed by atoms with Gasteiger partial charge in [0.1, 0.15) is 12.6 Å². The Morgan fingerprint density at radius 3 is 2.22 bits per heavy atom. The molecule has 0 N–H and O–H groups in total. The van der Waals surface area contributed by atoms with Crippen molar-refractivity contribution in [2.24, 2.45) is 0 Å². The van der Waals surface area contributed by atoms with Gasteiger partial charge >= 0.3 is 0 Å². The van der Waals surface area contributed by atoms with Gasteiger partial charge in [-0.3, -0.25) is 20.8 Å². The number of imidazole rings is 1. The number of hydrogen-bond acceptors (Lipinski definition) is 4. The van der Waals surface area contributed by atoms with Crippen LogP contribution in [0.3, 0.4) is 0 Å². The zero-order valence-corrected chi connectivity index (χ0v) is 26.7. The van der Waals surface area contributed by atoms with E-state index < -0.39 is 22.3 Å². The van der Waals surface area contributed by atoms with Crippen molar-refractivity contribution in [3.05, 3.63) is 182 Å². The highest BCUT2D eigenvalue weighted by atomic mass is 35.5. The van der Waals surface area contributed by atoms with E-state index in [1.54, 1.807) is 35.2 Å². The SMILES string of the molecule is N#CC(=C=[N-])C1(C(c2ccc([N+](=O)[O-])cc2)n2c[n+](Cc3ccccc3)c3ccccc32)C(=O)N(Cc2ccccc2)c2ccc(Cl)cc21. The van der Waals surface area contributed by atoms with Crippen LogP contribution < -0.4 is 9.47 Å². The molecule has 2 unspecified atom stereocenters. The molecule has 1 aliphatic heterocycles. The van der Waals surface area contributed by atoms with Crippen molar-refractivity contribution in [1.29, 1.82) is 5.26 Å². The Morgan fingerprint density at radius 1 is 0.918 bits per heavy atom. The molecule has 0 saturated carbocycles. The lowest BCUT2D eigenvalue weighted by Gasteiger charge is -2.34. The number of amides is 1. The Labute approximate surface area is 286 Å². The number of anilines is 1. The lowest BCUT2D eigenvalue weighted by atomic mass is 9.67. The third kappa shape index (κ3) is 5.26. The van der Waals surface area contributed by atoms with Crippen molar-refractivity contribution in [1.82, 2.24) is 4.57 Å². The van der Waals surface area contributed by atoms with Gasteiger partial charge in [-0.1, -0.05) is 84.4 Å². The summed E-state index contributed by atoms with van der Waals surface area (Å²) < 4.78 is 3.96. The molecule has 10 heteroatoms. The van der Waals surface area contributed by atoms with Gasteiger partial charge in [-0.2, -0.15) is 5.26 Å². The van der Waals surface area contributed by atoms with Gasteiger partial charge in [0.05, 0.1) is 17.0 Å². The zero-order chi connectivity index (χ0) is 34.1. The summed E-state index contributed by atoms with van der Waals surface area (Å²) in [6.45, 7) is 0.672. The molecule has 9 nitrogen and oxygen atoms in total. The third-order valence-corrected chi connectivity index (χ3v) is 9.33. The summed E-state index contributed by atoms with van der Waals surface area (Å²) in [7, 11) is 0. The van der Waals surface area contributed by atoms with E-state index in [-0.39, 0.29) is 17.8 Å². The fourth-order valence-electron chi connectivity index (χ4n) is 6.97. The molecular formula is C39H27ClN6O3. The van der Waals surface area contributed by atoms with Crippen molar-refractivity contribution in [2.45, 2.75) is 24.5 Å². The summed E-state index contributed by atoms with van der Waals surface area (Å²) in [5.41, 5.74) is 2.51. The number of hydrogen-bond donors (Lipinski definition) is 0. The predicted molar refractivity (Wildman–Crippen MR) is 187 cm³/mol. The van der Waals surface area contributed by atoms with Crippen LogP contribution in [-0.4, -0.2) is 21.3 Å². The molecule has 0 saturated heterocycles. The Morgan fingerprint density at radius 2 is 1.57 bits per heavy atom. The second-order valence-electron chi connectivity index (χ2n) is 11.8. The Bertz CT molecular complexity index is 2330. The van der Waals surface area contributed by atoms with E-state index in [2.05, 4.69) is 16.5 Å². The summed E-state index contributed by atoms with van der Waals surface area (Å²) in [5, 5.41) is 33.4. The lowest BCUT2D eigenvalue weighted by Crippen LogP contribution is -2.48. The molecule has 1 aromatic heterocycles. The normalized spacial score (nSPS) is 15.8. The standard InChI is InChI=1S/C39H27ClN6O3/c40-31-17-20-34-33(21-31)39(30(22-41)23-42,38(47)44(34)25-28-11-5-2-6-12-28)37(29-15-18-32(19-16-29)46(48)49)45-26-43(24-27-9-3-1-4-10-27)35-13-7-8-14-36(35)45/h1-21,26,37H,24-25H2. The number of nitrogens with zero attached hydrogens (tertiary/aromatic N) is 6. The number of nitro benzene ring substituents is 1. The van der Waals surface area contributed by atoms with Gasteiger partial charge in [-0.15, -0.1) is 0 Å². The van der Waals surface area contributed by atoms with Gasteiger partial charge in [0.2, 0.25) is 12.2 Å². The molecule has 2 heterocycles. The molecule has 49 heavy (non-hydrogen) atoms. The number of halogens is 1. The Balaban J connectivity index is 1.56. The quantitative estimate of drug-likeness (QED) is 0.0531. The van der Waals surface area contributed by atoms with E-state index in [1.807, 2.05) is 95.8 Å². The predicted octanol–water partition coefficient (Wildman–Crippen LogP) is 7.30. The summed E-state index contributed by atoms with van der Waals surface area (Å²) in [6.07, 6.45) is 1.88. The average Bonchev–Trinajstić information content (AvgIpc) is 3.59. The highest BCUT2D eigenvalue weighted by Gasteiger charge is 2.62. The lowest BCUT2D eigenvalue weighted by molar-refractivity contribution is -0.663. The molecule has 0 radical (unpaired) electrons. The smallest absolute Gasteiger partial charge is 0.269 e. The van der Waals surface area contributed by atoms with Crippen LogP contribution in [0.25, 0.3) is 16.4 Å². The highest BCUT2D eigenvalue weighted by molar-refractivity contribution is 6.31. The van der Waals surface area contributed by atoms with Gasteiger partial charge in [-0.25, -0.2) is 9.13 Å². The van der Waals surface area contributed by atoms with E-state index >= 15 is 4.79 Å². The van der Waals surface area contributed by atoms with E-state index in [0.29, 0.717) is 28.4 Å². The molecule has 1 aliphatic rings. The summed E-state index contributed by atoms with van der Waals surface area (Å²) >= 11 is 6.65. The Kier molecular flexibility index (Phi) is 8.11. The molecule has 238 valence electrons. The second-order valence-corrected chi connectivity index (χ2v) is 12.3. The summed E-state index contributed by atoms with van der Waals surface area (Å²) in [6, 6.07) is 39.1. The van der Waals surface area contributed by atoms with Crippen LogP contribution in [0.15, 0.2) is 139 Å². The Hall–Kier alpha value is -6.33. The molecule has 0 bridgehead atoms. The number of fused-ring (bicyclic) bond motifs is 2. The maximum Gasteiger partial charge on any atom is 0.269 e. The largest absolute Gasteiger partial charge is 0.762 e. The van der Waals surface area contributed by atoms with Crippen molar-refractivity contribution in [3.63, 3.8) is 0 Å². The van der Waals surface area contributed by atoms with Crippen LogP contribution in [0.4, 0.5) is 11.4 Å². The van der Waals surface area contributed by atoms with E-state index in [9.17, 15) is 20.8 Å². The average molecular weight is 663 g/mol. The molecule has 1 amide bonds. The molecule has 7 rings (SSSR count). The number of aromatic nitrogens is 2. The number of para-hydroxylation sites is 2. The number of nitriles is 1. The third-order valence-electron chi connectivity index (χ3n) is 9.10. The van der Waals surface area contributed by atoms with Crippen molar-refractivity contribution >= 4 is 45.8 Å². The monoisotopic (exact) mass is 662 g/mol. The minimum atomic E-state index is -1.90. The second kappa shape index (κ2) is 12.7. The van der Waals surface area contributed by atoms with Gasteiger partial charge in [0, 0.05) is 28.4 Å². The maximum absolute atomic E-state index is 15.4. The molecular weight excluding hydrogens is 636 g/mol. The van der Waals surface area contributed by atoms with Gasteiger partial charge in [0.25, 0.3) is 5.69 Å². The van der Waals surface area contributed by atoms with E-state index in [4.69, 9.17) is 11.6 Å². The maximum atomic E-state index is 15.4. The first-order valence-electron chi connectivity index (χ1n) is 15.5. The van der Waals surface area contributed by atoms with Crippen molar-refractivity contribution in [2.75, 3.05) is 4.90 Å². The van der Waals surface area contributed by atoms with Crippen molar-refractivity contribution < 1.29 is 14.3 Å². The number of rotatable bonds is 9. The zero-order valence-electron chi connectivity index (χ0n) is 26.0. The van der Waals surface area contributed by atoms with Crippen LogP contribution in [0.5, 0.6) is 0 Å². The minimum absolute atomic E-state index is 0.135. The highest BCUT2D eigenvalue weighted by Crippen LogP contribution is 2.55. The van der Waals surface area contributed by atoms with Gasteiger partial charge in [0.15, 0.2) is 22.5 Å². The molecule has 0 spiro atoms. The number of nitro groups is 1. The first-order chi connectivity index (χ1) is 23.9. The summed E-state index contributed by atoms with van der Waals surface area (Å²) in [4.78, 5) is 28.2. The molecule has 0 aliphatic carbocycles.